The van der Waals surface area contributed by atoms with E-state index >= 15 is 0 Å². The average Bonchev–Trinajstić information content (AvgIpc) is 3.02. The Morgan fingerprint density at radius 1 is 1.03 bits per heavy atom. The fourth-order valence-electron chi connectivity index (χ4n) is 2.87. The number of benzene rings is 2. The zero-order chi connectivity index (χ0) is 23.1. The standard InChI is InChI=1S/C23H22INO6S/c1-3-29-19-11-16(7-10-18(19)31-14-15-5-8-17(24)9-6-15)12-20-22(27)25(23(28)32-20)13-21(26)30-4-2/h5-12H,3-4,13-14H2,1-2H3/b20-12+. The highest BCUT2D eigenvalue weighted by Gasteiger charge is 2.36. The Hall–Kier alpha value is -2.53. The van der Waals surface area contributed by atoms with Crippen molar-refractivity contribution < 1.29 is 28.6 Å². The van der Waals surface area contributed by atoms with E-state index in [1.807, 2.05) is 31.2 Å². The molecule has 0 aromatic heterocycles. The minimum absolute atomic E-state index is 0.184. The van der Waals surface area contributed by atoms with Gasteiger partial charge in [-0.1, -0.05) is 18.2 Å². The summed E-state index contributed by atoms with van der Waals surface area (Å²) in [6.45, 7) is 4.16. The first-order valence-electron chi connectivity index (χ1n) is 9.96. The molecule has 1 aliphatic rings. The largest absolute Gasteiger partial charge is 0.490 e. The van der Waals surface area contributed by atoms with Crippen molar-refractivity contribution >= 4 is 57.5 Å². The number of ether oxygens (including phenoxy) is 3. The Morgan fingerprint density at radius 2 is 1.78 bits per heavy atom. The Bertz CT molecular complexity index is 1040. The molecular weight excluding hydrogens is 545 g/mol. The van der Waals surface area contributed by atoms with E-state index in [1.165, 1.54) is 0 Å². The zero-order valence-corrected chi connectivity index (χ0v) is 20.6. The second-order valence-electron chi connectivity index (χ2n) is 6.63. The van der Waals surface area contributed by atoms with Crippen molar-refractivity contribution in [3.05, 3.63) is 62.1 Å². The summed E-state index contributed by atoms with van der Waals surface area (Å²) < 4.78 is 17.6. The number of halogens is 1. The van der Waals surface area contributed by atoms with Gasteiger partial charge in [-0.25, -0.2) is 0 Å². The Morgan fingerprint density at radius 3 is 2.47 bits per heavy atom. The molecule has 0 aliphatic carbocycles. The van der Waals surface area contributed by atoms with Gasteiger partial charge < -0.3 is 14.2 Å². The summed E-state index contributed by atoms with van der Waals surface area (Å²) in [4.78, 5) is 37.5. The number of hydrogen-bond acceptors (Lipinski definition) is 7. The molecule has 1 saturated heterocycles. The van der Waals surface area contributed by atoms with Crippen LogP contribution in [-0.4, -0.2) is 41.8 Å². The highest BCUT2D eigenvalue weighted by Crippen LogP contribution is 2.35. The summed E-state index contributed by atoms with van der Waals surface area (Å²) in [5.74, 6) is -0.0233. The molecule has 0 radical (unpaired) electrons. The average molecular weight is 567 g/mol. The highest BCUT2D eigenvalue weighted by molar-refractivity contribution is 14.1. The lowest BCUT2D eigenvalue weighted by molar-refractivity contribution is -0.145. The van der Waals surface area contributed by atoms with Gasteiger partial charge in [-0.15, -0.1) is 0 Å². The molecule has 0 unspecified atom stereocenters. The molecule has 0 N–H and O–H groups in total. The number of nitrogens with zero attached hydrogens (tertiary/aromatic N) is 1. The second kappa shape index (κ2) is 11.4. The molecule has 32 heavy (non-hydrogen) atoms. The number of imide groups is 1. The predicted molar refractivity (Wildman–Crippen MR) is 130 cm³/mol. The van der Waals surface area contributed by atoms with Crippen molar-refractivity contribution in [3.63, 3.8) is 0 Å². The maximum Gasteiger partial charge on any atom is 0.326 e. The van der Waals surface area contributed by atoms with Gasteiger partial charge in [0.05, 0.1) is 18.1 Å². The van der Waals surface area contributed by atoms with Crippen LogP contribution in [-0.2, 0) is 20.9 Å². The van der Waals surface area contributed by atoms with Gasteiger partial charge in [-0.05, 0) is 89.7 Å². The molecule has 1 aliphatic heterocycles. The zero-order valence-electron chi connectivity index (χ0n) is 17.6. The van der Waals surface area contributed by atoms with Gasteiger partial charge in [0.1, 0.15) is 13.2 Å². The topological polar surface area (TPSA) is 82.1 Å². The van der Waals surface area contributed by atoms with Crippen LogP contribution in [0.1, 0.15) is 25.0 Å². The summed E-state index contributed by atoms with van der Waals surface area (Å²) >= 11 is 3.04. The Kier molecular flexibility index (Phi) is 8.57. The quantitative estimate of drug-likeness (QED) is 0.243. The van der Waals surface area contributed by atoms with Gasteiger partial charge in [0.25, 0.3) is 11.1 Å². The minimum Gasteiger partial charge on any atom is -0.490 e. The fourth-order valence-corrected chi connectivity index (χ4v) is 4.06. The van der Waals surface area contributed by atoms with Gasteiger partial charge in [-0.2, -0.15) is 0 Å². The van der Waals surface area contributed by atoms with Crippen molar-refractivity contribution in [3.8, 4) is 11.5 Å². The van der Waals surface area contributed by atoms with E-state index in [1.54, 1.807) is 31.2 Å². The van der Waals surface area contributed by atoms with Crippen molar-refractivity contribution in [2.75, 3.05) is 19.8 Å². The van der Waals surface area contributed by atoms with E-state index < -0.39 is 23.7 Å². The number of hydrogen-bond donors (Lipinski definition) is 0. The van der Waals surface area contributed by atoms with Gasteiger partial charge in [0, 0.05) is 3.57 Å². The summed E-state index contributed by atoms with van der Waals surface area (Å²) in [5.41, 5.74) is 1.71. The van der Waals surface area contributed by atoms with Crippen LogP contribution in [0.3, 0.4) is 0 Å². The predicted octanol–water partition coefficient (Wildman–Crippen LogP) is 4.87. The Labute approximate surface area is 204 Å². The van der Waals surface area contributed by atoms with Crippen molar-refractivity contribution in [1.29, 1.82) is 0 Å². The molecular formula is C23H22INO6S. The van der Waals surface area contributed by atoms with Gasteiger partial charge in [0.15, 0.2) is 11.5 Å². The molecule has 0 spiro atoms. The van der Waals surface area contributed by atoms with E-state index in [-0.39, 0.29) is 11.5 Å². The maximum atomic E-state index is 12.6. The van der Waals surface area contributed by atoms with Gasteiger partial charge >= 0.3 is 5.97 Å². The lowest BCUT2D eigenvalue weighted by Crippen LogP contribution is -2.34. The summed E-state index contributed by atoms with van der Waals surface area (Å²) in [7, 11) is 0. The molecule has 7 nitrogen and oxygen atoms in total. The monoisotopic (exact) mass is 567 g/mol. The number of amides is 2. The molecule has 168 valence electrons. The van der Waals surface area contributed by atoms with Crippen LogP contribution in [0, 0.1) is 3.57 Å². The molecule has 9 heteroatoms. The van der Waals surface area contributed by atoms with Gasteiger partial charge in [-0.3, -0.25) is 19.3 Å². The Balaban J connectivity index is 1.75. The first kappa shape index (κ1) is 24.1. The van der Waals surface area contributed by atoms with Crippen LogP contribution in [0.5, 0.6) is 11.5 Å². The van der Waals surface area contributed by atoms with Crippen LogP contribution in [0.4, 0.5) is 4.79 Å². The normalized spacial score (nSPS) is 14.7. The molecule has 2 aromatic rings. The summed E-state index contributed by atoms with van der Waals surface area (Å²) in [5, 5.41) is -0.503. The molecule has 0 bridgehead atoms. The highest BCUT2D eigenvalue weighted by atomic mass is 127. The first-order valence-corrected chi connectivity index (χ1v) is 11.9. The molecule has 2 amide bonds. The van der Waals surface area contributed by atoms with Crippen LogP contribution < -0.4 is 9.47 Å². The smallest absolute Gasteiger partial charge is 0.326 e. The van der Waals surface area contributed by atoms with Crippen molar-refractivity contribution in [2.24, 2.45) is 0 Å². The molecule has 0 atom stereocenters. The fraction of sp³-hybridized carbons (Fsp3) is 0.261. The number of carbonyl (C=O) groups excluding carboxylic acids is 3. The van der Waals surface area contributed by atoms with Crippen LogP contribution in [0.2, 0.25) is 0 Å². The second-order valence-corrected chi connectivity index (χ2v) is 8.87. The molecule has 3 rings (SSSR count). The van der Waals surface area contributed by atoms with E-state index in [9.17, 15) is 14.4 Å². The van der Waals surface area contributed by atoms with Crippen LogP contribution in [0.25, 0.3) is 6.08 Å². The van der Waals surface area contributed by atoms with E-state index in [0.717, 1.165) is 25.8 Å². The minimum atomic E-state index is -0.621. The first-order chi connectivity index (χ1) is 15.4. The number of thioether (sulfide) groups is 1. The van der Waals surface area contributed by atoms with E-state index in [2.05, 4.69) is 22.6 Å². The molecule has 1 heterocycles. The third-order valence-electron chi connectivity index (χ3n) is 4.34. The molecule has 2 aromatic carbocycles. The summed E-state index contributed by atoms with van der Waals surface area (Å²) in [6, 6.07) is 13.3. The van der Waals surface area contributed by atoms with Crippen molar-refractivity contribution in [2.45, 2.75) is 20.5 Å². The van der Waals surface area contributed by atoms with Crippen LogP contribution >= 0.6 is 34.4 Å². The van der Waals surface area contributed by atoms with Gasteiger partial charge in [0.2, 0.25) is 0 Å². The third-order valence-corrected chi connectivity index (χ3v) is 5.97. The van der Waals surface area contributed by atoms with Crippen LogP contribution in [0.15, 0.2) is 47.4 Å². The third kappa shape index (κ3) is 6.26. The lowest BCUT2D eigenvalue weighted by Gasteiger charge is -2.13. The summed E-state index contributed by atoms with van der Waals surface area (Å²) in [6.07, 6.45) is 1.60. The molecule has 0 saturated carbocycles. The molecule has 1 fully saturated rings. The number of carbonyl (C=O) groups is 3. The number of esters is 1. The van der Waals surface area contributed by atoms with E-state index in [4.69, 9.17) is 14.2 Å². The SMILES string of the molecule is CCOC(=O)CN1C(=O)S/C(=C/c2ccc(OCc3ccc(I)cc3)c(OCC)c2)C1=O. The number of rotatable bonds is 9. The maximum absolute atomic E-state index is 12.6. The van der Waals surface area contributed by atoms with Crippen molar-refractivity contribution in [1.82, 2.24) is 4.90 Å². The lowest BCUT2D eigenvalue weighted by atomic mass is 10.1. The van der Waals surface area contributed by atoms with E-state index in [0.29, 0.717) is 30.3 Å².